The Labute approximate surface area is 124 Å². The van der Waals surface area contributed by atoms with Gasteiger partial charge in [0, 0.05) is 25.6 Å². The van der Waals surface area contributed by atoms with Crippen LogP contribution in [0.2, 0.25) is 0 Å². The number of hydrogen-bond donors (Lipinski definition) is 2. The second kappa shape index (κ2) is 6.87. The van der Waals surface area contributed by atoms with Gasteiger partial charge in [0.25, 0.3) is 0 Å². The van der Waals surface area contributed by atoms with Crippen molar-refractivity contribution in [2.45, 2.75) is 32.4 Å². The number of nitrogen functional groups attached to an aromatic ring is 1. The Bertz CT molecular complexity index is 510. The lowest BCUT2D eigenvalue weighted by Gasteiger charge is -2.36. The summed E-state index contributed by atoms with van der Waals surface area (Å²) in [6.07, 6.45) is 0.561. The standard InChI is InChI=1S/C15H22FN3O2/c1-10-9-21-11(2)8-19(10)6-5-15(20)18-14-4-3-12(16)7-13(14)17/h3-4,7,10-11H,5-6,8-9,17H2,1-2H3,(H,18,20). The molecule has 1 amide bonds. The van der Waals surface area contributed by atoms with Crippen LogP contribution in [0.4, 0.5) is 15.8 Å². The Hall–Kier alpha value is -1.66. The number of nitrogens with one attached hydrogen (secondary N) is 1. The molecular weight excluding hydrogens is 273 g/mol. The summed E-state index contributed by atoms with van der Waals surface area (Å²) >= 11 is 0. The molecule has 0 saturated carbocycles. The zero-order chi connectivity index (χ0) is 15.4. The summed E-state index contributed by atoms with van der Waals surface area (Å²) in [4.78, 5) is 14.2. The van der Waals surface area contributed by atoms with Crippen LogP contribution in [-0.2, 0) is 9.53 Å². The minimum Gasteiger partial charge on any atom is -0.397 e. The van der Waals surface area contributed by atoms with E-state index in [0.29, 0.717) is 31.3 Å². The van der Waals surface area contributed by atoms with Gasteiger partial charge in [-0.25, -0.2) is 4.39 Å². The predicted molar refractivity (Wildman–Crippen MR) is 80.5 cm³/mol. The van der Waals surface area contributed by atoms with E-state index >= 15 is 0 Å². The van der Waals surface area contributed by atoms with E-state index < -0.39 is 5.82 Å². The first kappa shape index (κ1) is 15.7. The highest BCUT2D eigenvalue weighted by atomic mass is 19.1. The van der Waals surface area contributed by atoms with Gasteiger partial charge >= 0.3 is 0 Å². The Balaban J connectivity index is 1.84. The lowest BCUT2D eigenvalue weighted by Crippen LogP contribution is -2.48. The second-order valence-electron chi connectivity index (χ2n) is 5.52. The summed E-state index contributed by atoms with van der Waals surface area (Å²) in [5.74, 6) is -0.540. The minimum atomic E-state index is -0.415. The maximum Gasteiger partial charge on any atom is 0.225 e. The fourth-order valence-electron chi connectivity index (χ4n) is 2.39. The molecule has 1 aromatic rings. The number of nitrogens with zero attached hydrogens (tertiary/aromatic N) is 1. The van der Waals surface area contributed by atoms with Gasteiger partial charge in [-0.1, -0.05) is 0 Å². The van der Waals surface area contributed by atoms with Crippen LogP contribution in [0.3, 0.4) is 0 Å². The Kier molecular flexibility index (Phi) is 5.14. The van der Waals surface area contributed by atoms with Crippen LogP contribution in [0, 0.1) is 5.82 Å². The fourth-order valence-corrected chi connectivity index (χ4v) is 2.39. The summed E-state index contributed by atoms with van der Waals surface area (Å²) in [7, 11) is 0. The molecule has 1 fully saturated rings. The summed E-state index contributed by atoms with van der Waals surface area (Å²) in [5.41, 5.74) is 6.35. The van der Waals surface area contributed by atoms with E-state index in [1.54, 1.807) is 0 Å². The van der Waals surface area contributed by atoms with Crippen LogP contribution >= 0.6 is 0 Å². The average molecular weight is 295 g/mol. The third-order valence-corrected chi connectivity index (χ3v) is 3.65. The smallest absolute Gasteiger partial charge is 0.225 e. The lowest BCUT2D eigenvalue weighted by molar-refractivity contribution is -0.117. The molecule has 116 valence electrons. The van der Waals surface area contributed by atoms with Crippen molar-refractivity contribution < 1.29 is 13.9 Å². The number of benzene rings is 1. The molecule has 1 aliphatic heterocycles. The zero-order valence-corrected chi connectivity index (χ0v) is 12.4. The van der Waals surface area contributed by atoms with Crippen LogP contribution < -0.4 is 11.1 Å². The molecule has 5 nitrogen and oxygen atoms in total. The van der Waals surface area contributed by atoms with Crippen molar-refractivity contribution in [2.75, 3.05) is 30.7 Å². The molecule has 0 aromatic heterocycles. The monoisotopic (exact) mass is 295 g/mol. The zero-order valence-electron chi connectivity index (χ0n) is 12.4. The molecular formula is C15H22FN3O2. The predicted octanol–water partition coefficient (Wildman–Crippen LogP) is 1.85. The van der Waals surface area contributed by atoms with Gasteiger partial charge in [0.05, 0.1) is 24.1 Å². The molecule has 21 heavy (non-hydrogen) atoms. The largest absolute Gasteiger partial charge is 0.397 e. The van der Waals surface area contributed by atoms with Gasteiger partial charge in [-0.05, 0) is 32.0 Å². The SMILES string of the molecule is CC1CN(CCC(=O)Nc2ccc(F)cc2N)C(C)CO1. The molecule has 2 unspecified atom stereocenters. The van der Waals surface area contributed by atoms with Crippen molar-refractivity contribution in [1.82, 2.24) is 4.90 Å². The van der Waals surface area contributed by atoms with E-state index in [1.807, 2.05) is 6.92 Å². The first-order valence-electron chi connectivity index (χ1n) is 7.16. The first-order valence-corrected chi connectivity index (χ1v) is 7.16. The van der Waals surface area contributed by atoms with E-state index in [-0.39, 0.29) is 17.7 Å². The van der Waals surface area contributed by atoms with E-state index in [1.165, 1.54) is 18.2 Å². The van der Waals surface area contributed by atoms with Crippen molar-refractivity contribution >= 4 is 17.3 Å². The minimum absolute atomic E-state index is 0.125. The maximum absolute atomic E-state index is 12.9. The van der Waals surface area contributed by atoms with Crippen LogP contribution in [0.15, 0.2) is 18.2 Å². The molecule has 2 rings (SSSR count). The number of hydrogen-bond acceptors (Lipinski definition) is 4. The molecule has 0 aliphatic carbocycles. The highest BCUT2D eigenvalue weighted by Crippen LogP contribution is 2.19. The van der Waals surface area contributed by atoms with Crippen molar-refractivity contribution in [3.63, 3.8) is 0 Å². The van der Waals surface area contributed by atoms with Crippen molar-refractivity contribution in [1.29, 1.82) is 0 Å². The van der Waals surface area contributed by atoms with Crippen LogP contribution in [-0.4, -0.2) is 42.6 Å². The van der Waals surface area contributed by atoms with Gasteiger partial charge in [0.15, 0.2) is 0 Å². The number of nitrogens with two attached hydrogens (primary N) is 1. The third kappa shape index (κ3) is 4.41. The molecule has 6 heteroatoms. The van der Waals surface area contributed by atoms with Gasteiger partial charge in [0.2, 0.25) is 5.91 Å². The topological polar surface area (TPSA) is 67.6 Å². The van der Waals surface area contributed by atoms with Gasteiger partial charge in [-0.2, -0.15) is 0 Å². The highest BCUT2D eigenvalue weighted by molar-refractivity contribution is 5.93. The molecule has 0 bridgehead atoms. The van der Waals surface area contributed by atoms with E-state index in [0.717, 1.165) is 6.54 Å². The lowest BCUT2D eigenvalue weighted by atomic mass is 10.2. The molecule has 1 aromatic carbocycles. The molecule has 0 spiro atoms. The van der Waals surface area contributed by atoms with Crippen molar-refractivity contribution in [3.8, 4) is 0 Å². The number of carbonyl (C=O) groups excluding carboxylic acids is 1. The third-order valence-electron chi connectivity index (χ3n) is 3.65. The number of ether oxygens (including phenoxy) is 1. The molecule has 1 saturated heterocycles. The summed E-state index contributed by atoms with van der Waals surface area (Å²) in [5, 5.41) is 2.71. The van der Waals surface area contributed by atoms with Gasteiger partial charge in [-0.15, -0.1) is 0 Å². The van der Waals surface area contributed by atoms with Gasteiger partial charge in [-0.3, -0.25) is 9.69 Å². The number of amides is 1. The normalized spacial score (nSPS) is 23.0. The highest BCUT2D eigenvalue weighted by Gasteiger charge is 2.23. The molecule has 1 aliphatic rings. The quantitative estimate of drug-likeness (QED) is 0.832. The van der Waals surface area contributed by atoms with E-state index in [4.69, 9.17) is 10.5 Å². The number of morpholine rings is 1. The Morgan fingerprint density at radius 3 is 3.00 bits per heavy atom. The summed E-state index contributed by atoms with van der Waals surface area (Å²) in [6.45, 7) is 6.29. The van der Waals surface area contributed by atoms with Crippen LogP contribution in [0.1, 0.15) is 20.3 Å². The molecule has 3 N–H and O–H groups in total. The Morgan fingerprint density at radius 2 is 2.29 bits per heavy atom. The summed E-state index contributed by atoms with van der Waals surface area (Å²) in [6, 6.07) is 4.26. The molecule has 0 radical (unpaired) electrons. The van der Waals surface area contributed by atoms with E-state index in [9.17, 15) is 9.18 Å². The number of rotatable bonds is 4. The van der Waals surface area contributed by atoms with Crippen molar-refractivity contribution in [2.24, 2.45) is 0 Å². The Morgan fingerprint density at radius 1 is 1.52 bits per heavy atom. The molecule has 1 heterocycles. The maximum atomic E-state index is 12.9. The molecule has 2 atom stereocenters. The van der Waals surface area contributed by atoms with Gasteiger partial charge in [0.1, 0.15) is 5.82 Å². The summed E-state index contributed by atoms with van der Waals surface area (Å²) < 4.78 is 18.5. The van der Waals surface area contributed by atoms with Gasteiger partial charge < -0.3 is 15.8 Å². The van der Waals surface area contributed by atoms with Crippen molar-refractivity contribution in [3.05, 3.63) is 24.0 Å². The van der Waals surface area contributed by atoms with Crippen LogP contribution in [0.5, 0.6) is 0 Å². The first-order chi connectivity index (χ1) is 9.95. The fraction of sp³-hybridized carbons (Fsp3) is 0.533. The number of anilines is 2. The number of carbonyl (C=O) groups is 1. The van der Waals surface area contributed by atoms with Crippen LogP contribution in [0.25, 0.3) is 0 Å². The van der Waals surface area contributed by atoms with E-state index in [2.05, 4.69) is 17.1 Å². The number of halogens is 1. The second-order valence-corrected chi connectivity index (χ2v) is 5.52. The average Bonchev–Trinajstić information content (AvgIpc) is 2.43.